The van der Waals surface area contributed by atoms with Crippen molar-refractivity contribution in [1.82, 2.24) is 10.2 Å². The van der Waals surface area contributed by atoms with Crippen molar-refractivity contribution in [2.45, 2.75) is 32.4 Å². The van der Waals surface area contributed by atoms with Gasteiger partial charge in [0.25, 0.3) is 0 Å². The Morgan fingerprint density at radius 3 is 2.48 bits per heavy atom. The summed E-state index contributed by atoms with van der Waals surface area (Å²) < 4.78 is 0. The molecule has 1 N–H and O–H groups in total. The third-order valence-corrected chi connectivity index (χ3v) is 3.79. The second-order valence-corrected chi connectivity index (χ2v) is 5.47. The SMILES string of the molecule is C\C=C/C=C\C=C\NC1CCN(Cc2ccccc2)CC1. The summed E-state index contributed by atoms with van der Waals surface area (Å²) in [6.07, 6.45) is 14.7. The molecule has 1 fully saturated rings. The fourth-order valence-corrected chi connectivity index (χ4v) is 2.59. The maximum atomic E-state index is 3.50. The molecule has 2 nitrogen and oxygen atoms in total. The van der Waals surface area contributed by atoms with E-state index in [0.29, 0.717) is 6.04 Å². The van der Waals surface area contributed by atoms with E-state index in [1.165, 1.54) is 31.5 Å². The average molecular weight is 282 g/mol. The largest absolute Gasteiger partial charge is 0.388 e. The van der Waals surface area contributed by atoms with Gasteiger partial charge < -0.3 is 5.32 Å². The minimum Gasteiger partial charge on any atom is -0.388 e. The lowest BCUT2D eigenvalue weighted by Crippen LogP contribution is -2.40. The van der Waals surface area contributed by atoms with E-state index in [4.69, 9.17) is 0 Å². The number of benzene rings is 1. The molecule has 1 aliphatic heterocycles. The monoisotopic (exact) mass is 282 g/mol. The lowest BCUT2D eigenvalue weighted by atomic mass is 10.0. The van der Waals surface area contributed by atoms with Crippen LogP contribution in [-0.4, -0.2) is 24.0 Å². The van der Waals surface area contributed by atoms with Crippen LogP contribution in [0.2, 0.25) is 0 Å². The van der Waals surface area contributed by atoms with Crippen LogP contribution >= 0.6 is 0 Å². The number of allylic oxidation sites excluding steroid dienone is 5. The van der Waals surface area contributed by atoms with E-state index in [-0.39, 0.29) is 0 Å². The summed E-state index contributed by atoms with van der Waals surface area (Å²) in [5.41, 5.74) is 1.41. The lowest BCUT2D eigenvalue weighted by molar-refractivity contribution is 0.197. The molecule has 0 spiro atoms. The van der Waals surface area contributed by atoms with Gasteiger partial charge in [0, 0.05) is 25.7 Å². The number of hydrogen-bond donors (Lipinski definition) is 1. The van der Waals surface area contributed by atoms with Gasteiger partial charge >= 0.3 is 0 Å². The molecule has 1 aliphatic rings. The van der Waals surface area contributed by atoms with Crippen molar-refractivity contribution in [3.8, 4) is 0 Å². The zero-order chi connectivity index (χ0) is 14.8. The van der Waals surface area contributed by atoms with Crippen LogP contribution in [0.3, 0.4) is 0 Å². The molecule has 0 saturated carbocycles. The molecule has 0 amide bonds. The number of nitrogens with zero attached hydrogens (tertiary/aromatic N) is 1. The van der Waals surface area contributed by atoms with Gasteiger partial charge in [-0.2, -0.15) is 0 Å². The zero-order valence-electron chi connectivity index (χ0n) is 12.9. The quantitative estimate of drug-likeness (QED) is 0.796. The van der Waals surface area contributed by atoms with Crippen LogP contribution in [0.4, 0.5) is 0 Å². The zero-order valence-corrected chi connectivity index (χ0v) is 12.9. The maximum absolute atomic E-state index is 3.50. The Morgan fingerprint density at radius 2 is 1.76 bits per heavy atom. The molecule has 1 aromatic rings. The number of nitrogens with one attached hydrogen (secondary N) is 1. The second kappa shape index (κ2) is 9.19. The van der Waals surface area contributed by atoms with Crippen LogP contribution in [0.25, 0.3) is 0 Å². The fraction of sp³-hybridized carbons (Fsp3) is 0.368. The summed E-state index contributed by atoms with van der Waals surface area (Å²) in [6.45, 7) is 5.45. The van der Waals surface area contributed by atoms with Crippen LogP contribution in [-0.2, 0) is 6.54 Å². The van der Waals surface area contributed by atoms with Gasteiger partial charge in [0.05, 0.1) is 0 Å². The summed E-state index contributed by atoms with van der Waals surface area (Å²) >= 11 is 0. The molecule has 0 atom stereocenters. The molecule has 1 saturated heterocycles. The van der Waals surface area contributed by atoms with E-state index in [0.717, 1.165) is 6.54 Å². The summed E-state index contributed by atoms with van der Waals surface area (Å²) in [6, 6.07) is 11.4. The first kappa shape index (κ1) is 15.6. The Kier molecular flexibility index (Phi) is 6.82. The van der Waals surface area contributed by atoms with E-state index in [1.54, 1.807) is 0 Å². The van der Waals surface area contributed by atoms with Gasteiger partial charge in [-0.25, -0.2) is 0 Å². The third-order valence-electron chi connectivity index (χ3n) is 3.79. The normalized spacial score (nSPS) is 18.1. The Hall–Kier alpha value is -1.80. The highest BCUT2D eigenvalue weighted by molar-refractivity contribution is 5.14. The Labute approximate surface area is 128 Å². The van der Waals surface area contributed by atoms with Crippen molar-refractivity contribution in [2.24, 2.45) is 0 Å². The molecule has 0 radical (unpaired) electrons. The molecular formula is C19H26N2. The topological polar surface area (TPSA) is 15.3 Å². The standard InChI is InChI=1S/C19H26N2/c1-2-3-4-5-9-14-20-19-12-15-21(16-13-19)17-18-10-7-6-8-11-18/h2-11,14,19-20H,12-13,15-17H2,1H3/b3-2-,5-4-,14-9+. The fourth-order valence-electron chi connectivity index (χ4n) is 2.59. The molecular weight excluding hydrogens is 256 g/mol. The average Bonchev–Trinajstić information content (AvgIpc) is 2.53. The molecule has 2 heteroatoms. The Morgan fingerprint density at radius 1 is 1.05 bits per heavy atom. The van der Waals surface area contributed by atoms with Crippen molar-refractivity contribution in [3.05, 3.63) is 72.5 Å². The maximum Gasteiger partial charge on any atom is 0.0280 e. The van der Waals surface area contributed by atoms with Crippen molar-refractivity contribution in [1.29, 1.82) is 0 Å². The summed E-state index contributed by atoms with van der Waals surface area (Å²) in [5.74, 6) is 0. The smallest absolute Gasteiger partial charge is 0.0280 e. The summed E-state index contributed by atoms with van der Waals surface area (Å²) in [5, 5.41) is 3.50. The minimum absolute atomic E-state index is 0.614. The predicted octanol–water partition coefficient (Wildman–Crippen LogP) is 3.89. The van der Waals surface area contributed by atoms with Gasteiger partial charge in [0.15, 0.2) is 0 Å². The van der Waals surface area contributed by atoms with Crippen LogP contribution in [0.1, 0.15) is 25.3 Å². The number of hydrogen-bond acceptors (Lipinski definition) is 2. The van der Waals surface area contributed by atoms with Crippen molar-refractivity contribution in [2.75, 3.05) is 13.1 Å². The summed E-state index contributed by atoms with van der Waals surface area (Å²) in [4.78, 5) is 2.54. The molecule has 1 aromatic carbocycles. The third kappa shape index (κ3) is 6.01. The highest BCUT2D eigenvalue weighted by Crippen LogP contribution is 2.13. The van der Waals surface area contributed by atoms with Gasteiger partial charge in [-0.15, -0.1) is 0 Å². The lowest BCUT2D eigenvalue weighted by Gasteiger charge is -2.32. The number of piperidine rings is 1. The Bertz CT molecular complexity index is 466. The first-order valence-electron chi connectivity index (χ1n) is 7.85. The van der Waals surface area contributed by atoms with Crippen molar-refractivity contribution < 1.29 is 0 Å². The van der Waals surface area contributed by atoms with Crippen molar-refractivity contribution >= 4 is 0 Å². The Balaban J connectivity index is 1.66. The minimum atomic E-state index is 0.614. The molecule has 112 valence electrons. The van der Waals surface area contributed by atoms with Crippen molar-refractivity contribution in [3.63, 3.8) is 0 Å². The molecule has 2 rings (SSSR count). The first-order chi connectivity index (χ1) is 10.4. The van der Waals surface area contributed by atoms with E-state index in [9.17, 15) is 0 Å². The summed E-state index contributed by atoms with van der Waals surface area (Å²) in [7, 11) is 0. The first-order valence-corrected chi connectivity index (χ1v) is 7.85. The number of likely N-dealkylation sites (tertiary alicyclic amines) is 1. The van der Waals surface area contributed by atoms with Gasteiger partial charge in [-0.05, 0) is 37.6 Å². The highest BCUT2D eigenvalue weighted by Gasteiger charge is 2.17. The van der Waals surface area contributed by atoms with E-state index < -0.39 is 0 Å². The van der Waals surface area contributed by atoms with Crippen LogP contribution < -0.4 is 5.32 Å². The second-order valence-electron chi connectivity index (χ2n) is 5.47. The molecule has 0 aliphatic carbocycles. The molecule has 1 heterocycles. The highest BCUT2D eigenvalue weighted by atomic mass is 15.1. The molecule has 0 aromatic heterocycles. The van der Waals surface area contributed by atoms with Crippen LogP contribution in [0.15, 0.2) is 66.9 Å². The van der Waals surface area contributed by atoms with Gasteiger partial charge in [0.2, 0.25) is 0 Å². The van der Waals surface area contributed by atoms with Gasteiger partial charge in [-0.1, -0.05) is 54.6 Å². The molecule has 0 bridgehead atoms. The van der Waals surface area contributed by atoms with Crippen LogP contribution in [0, 0.1) is 0 Å². The molecule has 21 heavy (non-hydrogen) atoms. The number of rotatable bonds is 6. The van der Waals surface area contributed by atoms with Gasteiger partial charge in [-0.3, -0.25) is 4.90 Å². The molecule has 0 unspecified atom stereocenters. The van der Waals surface area contributed by atoms with Crippen LogP contribution in [0.5, 0.6) is 0 Å². The van der Waals surface area contributed by atoms with E-state index in [2.05, 4.69) is 58.9 Å². The van der Waals surface area contributed by atoms with E-state index in [1.807, 2.05) is 25.2 Å². The predicted molar refractivity (Wildman–Crippen MR) is 91.0 cm³/mol. The van der Waals surface area contributed by atoms with E-state index >= 15 is 0 Å². The van der Waals surface area contributed by atoms with Gasteiger partial charge in [0.1, 0.15) is 0 Å².